The average Bonchev–Trinajstić information content (AvgIpc) is 3.41. The Labute approximate surface area is 164 Å². The quantitative estimate of drug-likeness (QED) is 0.632. The van der Waals surface area contributed by atoms with Gasteiger partial charge in [0.25, 0.3) is 0 Å². The largest absolute Gasteiger partial charge is 0.507 e. The molecule has 3 aliphatic rings. The first kappa shape index (κ1) is 16.3. The topological polar surface area (TPSA) is 38.7 Å². The van der Waals surface area contributed by atoms with Gasteiger partial charge in [0.05, 0.1) is 14.2 Å². The van der Waals surface area contributed by atoms with Crippen LogP contribution in [0.5, 0.6) is 17.2 Å². The predicted octanol–water partition coefficient (Wildman–Crippen LogP) is 5.65. The standard InChI is InChI=1S/C25H24O3/c1-27-16-5-7-18-20(10-16)23(26)12-22-24(18)19-8-6-17(28-2)11-21(19)25(22)13-14-3-4-15(25)9-14/h5-8,10-12,14-15,26H,3-4,9,13H2,1-2H3. The first-order chi connectivity index (χ1) is 13.7. The monoisotopic (exact) mass is 372 g/mol. The van der Waals surface area contributed by atoms with Gasteiger partial charge in [0.15, 0.2) is 0 Å². The molecule has 0 heterocycles. The fourth-order valence-electron chi connectivity index (χ4n) is 6.53. The minimum absolute atomic E-state index is 0.0215. The third kappa shape index (κ3) is 1.85. The molecule has 0 saturated heterocycles. The SMILES string of the molecule is COc1ccc2c(c1)C1(CC3CCC1C3)c1cc(O)c3cc(OC)ccc3c1-2. The highest BCUT2D eigenvalue weighted by Crippen LogP contribution is 2.67. The van der Waals surface area contributed by atoms with Crippen LogP contribution in [0.25, 0.3) is 21.9 Å². The minimum atomic E-state index is 0.0215. The van der Waals surface area contributed by atoms with Crippen molar-refractivity contribution in [1.82, 2.24) is 0 Å². The zero-order valence-electron chi connectivity index (χ0n) is 16.3. The van der Waals surface area contributed by atoms with Crippen LogP contribution in [0.3, 0.4) is 0 Å². The van der Waals surface area contributed by atoms with Crippen LogP contribution in [0, 0.1) is 11.8 Å². The molecule has 0 amide bonds. The molecule has 2 bridgehead atoms. The lowest BCUT2D eigenvalue weighted by Gasteiger charge is -2.36. The van der Waals surface area contributed by atoms with Crippen LogP contribution in [-0.2, 0) is 5.41 Å². The van der Waals surface area contributed by atoms with Crippen LogP contribution in [0.1, 0.15) is 36.8 Å². The molecule has 142 valence electrons. The highest BCUT2D eigenvalue weighted by Gasteiger charge is 2.57. The second-order valence-corrected chi connectivity index (χ2v) is 8.69. The smallest absolute Gasteiger partial charge is 0.123 e. The first-order valence-corrected chi connectivity index (χ1v) is 10.2. The summed E-state index contributed by atoms with van der Waals surface area (Å²) in [4.78, 5) is 0. The van der Waals surface area contributed by atoms with E-state index in [-0.39, 0.29) is 5.41 Å². The van der Waals surface area contributed by atoms with Gasteiger partial charge in [0.1, 0.15) is 17.2 Å². The average molecular weight is 372 g/mol. The summed E-state index contributed by atoms with van der Waals surface area (Å²) in [5, 5.41) is 12.9. The third-order valence-electron chi connectivity index (χ3n) is 7.63. The Hall–Kier alpha value is -2.68. The number of fused-ring (bicyclic) bond motifs is 10. The van der Waals surface area contributed by atoms with Gasteiger partial charge in [-0.2, -0.15) is 0 Å². The van der Waals surface area contributed by atoms with Gasteiger partial charge in [-0.05, 0) is 95.1 Å². The van der Waals surface area contributed by atoms with Gasteiger partial charge < -0.3 is 14.6 Å². The Kier molecular flexibility index (Phi) is 3.16. The number of phenols is 1. The van der Waals surface area contributed by atoms with E-state index in [9.17, 15) is 5.11 Å². The Balaban J connectivity index is 1.72. The van der Waals surface area contributed by atoms with Crippen LogP contribution in [0.2, 0.25) is 0 Å². The molecular weight excluding hydrogens is 348 g/mol. The van der Waals surface area contributed by atoms with E-state index in [2.05, 4.69) is 24.3 Å². The van der Waals surface area contributed by atoms with Gasteiger partial charge in [-0.15, -0.1) is 0 Å². The highest BCUT2D eigenvalue weighted by molar-refractivity contribution is 6.05. The van der Waals surface area contributed by atoms with Crippen molar-refractivity contribution in [2.75, 3.05) is 14.2 Å². The Morgan fingerprint density at radius 1 is 0.893 bits per heavy atom. The maximum absolute atomic E-state index is 11.0. The molecular formula is C25H24O3. The number of ether oxygens (including phenoxy) is 2. The van der Waals surface area contributed by atoms with Gasteiger partial charge in [-0.3, -0.25) is 0 Å². The summed E-state index contributed by atoms with van der Waals surface area (Å²) in [5.74, 6) is 3.49. The van der Waals surface area contributed by atoms with Gasteiger partial charge in [-0.1, -0.05) is 12.5 Å². The molecule has 3 nitrogen and oxygen atoms in total. The van der Waals surface area contributed by atoms with E-state index in [0.29, 0.717) is 11.7 Å². The van der Waals surface area contributed by atoms with Crippen LogP contribution in [-0.4, -0.2) is 19.3 Å². The molecule has 3 atom stereocenters. The van der Waals surface area contributed by atoms with Crippen molar-refractivity contribution in [3.05, 3.63) is 53.6 Å². The fourth-order valence-corrected chi connectivity index (χ4v) is 6.53. The van der Waals surface area contributed by atoms with E-state index in [0.717, 1.165) is 28.2 Å². The van der Waals surface area contributed by atoms with E-state index in [1.54, 1.807) is 14.2 Å². The number of hydrogen-bond acceptors (Lipinski definition) is 3. The molecule has 2 fully saturated rings. The molecule has 0 radical (unpaired) electrons. The van der Waals surface area contributed by atoms with Crippen LogP contribution < -0.4 is 9.47 Å². The van der Waals surface area contributed by atoms with Crippen molar-refractivity contribution in [1.29, 1.82) is 0 Å². The predicted molar refractivity (Wildman–Crippen MR) is 110 cm³/mol. The van der Waals surface area contributed by atoms with E-state index in [1.807, 2.05) is 18.2 Å². The molecule has 3 heteroatoms. The molecule has 2 saturated carbocycles. The number of phenolic OH excluding ortho intramolecular Hbond substituents is 1. The summed E-state index contributed by atoms with van der Waals surface area (Å²) in [5.41, 5.74) is 5.34. The first-order valence-electron chi connectivity index (χ1n) is 10.2. The molecule has 0 aliphatic heterocycles. The maximum Gasteiger partial charge on any atom is 0.123 e. The fraction of sp³-hybridized carbons (Fsp3) is 0.360. The van der Waals surface area contributed by atoms with Crippen molar-refractivity contribution >= 4 is 10.8 Å². The molecule has 1 spiro atoms. The molecule has 3 aliphatic carbocycles. The van der Waals surface area contributed by atoms with Gasteiger partial charge >= 0.3 is 0 Å². The summed E-state index contributed by atoms with van der Waals surface area (Å²) in [6.45, 7) is 0. The van der Waals surface area contributed by atoms with Crippen molar-refractivity contribution in [2.24, 2.45) is 11.8 Å². The summed E-state index contributed by atoms with van der Waals surface area (Å²) in [7, 11) is 3.40. The Morgan fingerprint density at radius 2 is 1.68 bits per heavy atom. The van der Waals surface area contributed by atoms with E-state index >= 15 is 0 Å². The summed E-state index contributed by atoms with van der Waals surface area (Å²) in [6, 6.07) is 14.6. The molecule has 3 unspecified atom stereocenters. The molecule has 3 aromatic carbocycles. The van der Waals surface area contributed by atoms with Crippen molar-refractivity contribution < 1.29 is 14.6 Å². The van der Waals surface area contributed by atoms with Crippen molar-refractivity contribution in [3.63, 3.8) is 0 Å². The van der Waals surface area contributed by atoms with E-state index in [1.165, 1.54) is 47.9 Å². The molecule has 28 heavy (non-hydrogen) atoms. The number of rotatable bonds is 2. The summed E-state index contributed by atoms with van der Waals surface area (Å²) in [6.07, 6.45) is 5.11. The molecule has 0 aromatic heterocycles. The van der Waals surface area contributed by atoms with Crippen LogP contribution in [0.15, 0.2) is 42.5 Å². The lowest BCUT2D eigenvalue weighted by atomic mass is 9.66. The lowest BCUT2D eigenvalue weighted by molar-refractivity contribution is 0.324. The number of aromatic hydroxyl groups is 1. The van der Waals surface area contributed by atoms with Gasteiger partial charge in [-0.25, -0.2) is 0 Å². The molecule has 1 N–H and O–H groups in total. The lowest BCUT2D eigenvalue weighted by Crippen LogP contribution is -2.31. The second-order valence-electron chi connectivity index (χ2n) is 8.69. The van der Waals surface area contributed by atoms with E-state index < -0.39 is 0 Å². The third-order valence-corrected chi connectivity index (χ3v) is 7.63. The normalized spacial score (nSPS) is 26.6. The molecule has 6 rings (SSSR count). The van der Waals surface area contributed by atoms with Crippen molar-refractivity contribution in [3.8, 4) is 28.4 Å². The minimum Gasteiger partial charge on any atom is -0.507 e. The van der Waals surface area contributed by atoms with Crippen LogP contribution in [0.4, 0.5) is 0 Å². The van der Waals surface area contributed by atoms with E-state index in [4.69, 9.17) is 9.47 Å². The summed E-state index contributed by atoms with van der Waals surface area (Å²) < 4.78 is 11.0. The zero-order valence-corrected chi connectivity index (χ0v) is 16.3. The number of methoxy groups -OCH3 is 2. The summed E-state index contributed by atoms with van der Waals surface area (Å²) >= 11 is 0. The number of benzene rings is 3. The van der Waals surface area contributed by atoms with Crippen LogP contribution >= 0.6 is 0 Å². The highest BCUT2D eigenvalue weighted by atomic mass is 16.5. The molecule has 3 aromatic rings. The second kappa shape index (κ2) is 5.44. The number of hydrogen-bond donors (Lipinski definition) is 1. The Morgan fingerprint density at radius 3 is 2.39 bits per heavy atom. The van der Waals surface area contributed by atoms with Crippen molar-refractivity contribution in [2.45, 2.75) is 31.1 Å². The van der Waals surface area contributed by atoms with Gasteiger partial charge in [0, 0.05) is 10.8 Å². The maximum atomic E-state index is 11.0. The van der Waals surface area contributed by atoms with Gasteiger partial charge in [0.2, 0.25) is 0 Å². The Bertz CT molecular complexity index is 1130. The zero-order chi connectivity index (χ0) is 19.0.